The van der Waals surface area contributed by atoms with E-state index in [2.05, 4.69) is 10.0 Å². The highest BCUT2D eigenvalue weighted by atomic mass is 32.2. The molecule has 1 aliphatic carbocycles. The molecule has 3 rings (SSSR count). The van der Waals surface area contributed by atoms with Gasteiger partial charge in [0.25, 0.3) is 5.91 Å². The van der Waals surface area contributed by atoms with Crippen LogP contribution in [0, 0.1) is 6.92 Å². The maximum absolute atomic E-state index is 12.5. The van der Waals surface area contributed by atoms with Crippen molar-refractivity contribution in [2.45, 2.75) is 42.8 Å². The van der Waals surface area contributed by atoms with Gasteiger partial charge in [-0.3, -0.25) is 9.52 Å². The second-order valence-corrected chi connectivity index (χ2v) is 10.0. The van der Waals surface area contributed by atoms with Crippen LogP contribution in [0.1, 0.15) is 41.6 Å². The van der Waals surface area contributed by atoms with Crippen LogP contribution in [0.15, 0.2) is 47.4 Å². The first-order valence-electron chi connectivity index (χ1n) is 8.97. The highest BCUT2D eigenvalue weighted by molar-refractivity contribution is 8.00. The Balaban J connectivity index is 1.67. The van der Waals surface area contributed by atoms with Gasteiger partial charge in [-0.15, -0.1) is 11.8 Å². The van der Waals surface area contributed by atoms with Crippen LogP contribution in [0.3, 0.4) is 0 Å². The molecule has 2 N–H and O–H groups in total. The Morgan fingerprint density at radius 3 is 2.37 bits per heavy atom. The number of nitrogens with one attached hydrogen (secondary N) is 2. The molecule has 0 atom stereocenters. The van der Waals surface area contributed by atoms with Crippen molar-refractivity contribution in [2.75, 3.05) is 16.3 Å². The van der Waals surface area contributed by atoms with E-state index in [9.17, 15) is 13.2 Å². The predicted octanol–water partition coefficient (Wildman–Crippen LogP) is 4.65. The van der Waals surface area contributed by atoms with Gasteiger partial charge in [0.05, 0.1) is 11.9 Å². The first-order chi connectivity index (χ1) is 12.8. The molecule has 1 fully saturated rings. The van der Waals surface area contributed by atoms with Crippen LogP contribution in [0.4, 0.5) is 11.4 Å². The number of hydrogen-bond acceptors (Lipinski definition) is 4. The van der Waals surface area contributed by atoms with Crippen molar-refractivity contribution < 1.29 is 13.2 Å². The molecule has 0 bridgehead atoms. The number of rotatable bonds is 6. The zero-order valence-corrected chi connectivity index (χ0v) is 17.1. The summed E-state index contributed by atoms with van der Waals surface area (Å²) in [6.07, 6.45) is 6.28. The summed E-state index contributed by atoms with van der Waals surface area (Å²) in [5.74, 6) is -0.275. The van der Waals surface area contributed by atoms with Crippen molar-refractivity contribution >= 4 is 39.1 Å². The standard InChI is InChI=1S/C20H24N2O3S2/c1-14-7-8-15(13-19(14)22-27(2,24)25)20(23)21-16-9-11-18(12-10-16)26-17-5-3-4-6-17/h7-13,17,22H,3-6H2,1-2H3,(H,21,23). The first-order valence-corrected chi connectivity index (χ1v) is 11.7. The highest BCUT2D eigenvalue weighted by Gasteiger charge is 2.16. The fourth-order valence-electron chi connectivity index (χ4n) is 3.09. The summed E-state index contributed by atoms with van der Waals surface area (Å²) in [6, 6.07) is 12.8. The van der Waals surface area contributed by atoms with Gasteiger partial charge in [-0.05, 0) is 61.7 Å². The molecule has 144 valence electrons. The number of thioether (sulfide) groups is 1. The molecule has 0 saturated heterocycles. The van der Waals surface area contributed by atoms with Gasteiger partial charge in [0.2, 0.25) is 10.0 Å². The Morgan fingerprint density at radius 2 is 1.74 bits per heavy atom. The molecule has 7 heteroatoms. The Hall–Kier alpha value is -1.99. The summed E-state index contributed by atoms with van der Waals surface area (Å²) in [5.41, 5.74) is 2.28. The van der Waals surface area contributed by atoms with Gasteiger partial charge in [-0.25, -0.2) is 8.42 Å². The number of hydrogen-bond donors (Lipinski definition) is 2. The Morgan fingerprint density at radius 1 is 1.07 bits per heavy atom. The molecule has 5 nitrogen and oxygen atoms in total. The van der Waals surface area contributed by atoms with Gasteiger partial charge in [0, 0.05) is 21.4 Å². The predicted molar refractivity (Wildman–Crippen MR) is 112 cm³/mol. The van der Waals surface area contributed by atoms with Crippen molar-refractivity contribution in [3.8, 4) is 0 Å². The van der Waals surface area contributed by atoms with E-state index in [-0.39, 0.29) is 5.91 Å². The molecule has 0 aliphatic heterocycles. The quantitative estimate of drug-likeness (QED) is 0.735. The van der Waals surface area contributed by atoms with E-state index in [1.807, 2.05) is 36.0 Å². The zero-order chi connectivity index (χ0) is 19.4. The minimum atomic E-state index is -3.40. The molecule has 0 aromatic heterocycles. The van der Waals surface area contributed by atoms with E-state index in [0.29, 0.717) is 22.2 Å². The largest absolute Gasteiger partial charge is 0.322 e. The number of sulfonamides is 1. The van der Waals surface area contributed by atoms with E-state index >= 15 is 0 Å². The van der Waals surface area contributed by atoms with E-state index in [1.165, 1.54) is 30.6 Å². The van der Waals surface area contributed by atoms with Crippen LogP contribution in [0.5, 0.6) is 0 Å². The van der Waals surface area contributed by atoms with Gasteiger partial charge in [-0.2, -0.15) is 0 Å². The molecule has 0 unspecified atom stereocenters. The summed E-state index contributed by atoms with van der Waals surface area (Å²) >= 11 is 1.91. The monoisotopic (exact) mass is 404 g/mol. The smallest absolute Gasteiger partial charge is 0.255 e. The third-order valence-corrected chi connectivity index (χ3v) is 6.45. The van der Waals surface area contributed by atoms with E-state index in [1.54, 1.807) is 25.1 Å². The zero-order valence-electron chi connectivity index (χ0n) is 15.5. The fraction of sp³-hybridized carbons (Fsp3) is 0.350. The average Bonchev–Trinajstić information content (AvgIpc) is 3.10. The van der Waals surface area contributed by atoms with E-state index in [0.717, 1.165) is 11.8 Å². The fourth-order valence-corrected chi connectivity index (χ4v) is 4.96. The number of benzene rings is 2. The van der Waals surface area contributed by atoms with Crippen LogP contribution < -0.4 is 10.0 Å². The summed E-state index contributed by atoms with van der Waals surface area (Å²) < 4.78 is 25.4. The molecule has 0 spiro atoms. The number of aryl methyl sites for hydroxylation is 1. The Bertz CT molecular complexity index is 919. The molecule has 27 heavy (non-hydrogen) atoms. The van der Waals surface area contributed by atoms with Crippen molar-refractivity contribution in [2.24, 2.45) is 0 Å². The van der Waals surface area contributed by atoms with Crippen LogP contribution in [-0.4, -0.2) is 25.8 Å². The van der Waals surface area contributed by atoms with Gasteiger partial charge in [0.15, 0.2) is 0 Å². The van der Waals surface area contributed by atoms with E-state index < -0.39 is 10.0 Å². The average molecular weight is 405 g/mol. The molecule has 2 aromatic carbocycles. The first kappa shape index (κ1) is 19.8. The van der Waals surface area contributed by atoms with Gasteiger partial charge in [0.1, 0.15) is 0 Å². The Labute approximate surface area is 165 Å². The highest BCUT2D eigenvalue weighted by Crippen LogP contribution is 2.35. The molecule has 2 aromatic rings. The van der Waals surface area contributed by atoms with Crippen molar-refractivity contribution in [3.05, 3.63) is 53.6 Å². The SMILES string of the molecule is Cc1ccc(C(=O)Nc2ccc(SC3CCCC3)cc2)cc1NS(C)(=O)=O. The molecular weight excluding hydrogens is 380 g/mol. The lowest BCUT2D eigenvalue weighted by molar-refractivity contribution is 0.102. The maximum atomic E-state index is 12.5. The van der Waals surface area contributed by atoms with Crippen LogP contribution in [0.2, 0.25) is 0 Å². The van der Waals surface area contributed by atoms with Crippen molar-refractivity contribution in [1.29, 1.82) is 0 Å². The lowest BCUT2D eigenvalue weighted by Gasteiger charge is -2.12. The summed E-state index contributed by atoms with van der Waals surface area (Å²) in [5, 5.41) is 3.57. The lowest BCUT2D eigenvalue weighted by atomic mass is 10.1. The Kier molecular flexibility index (Phi) is 6.11. The second kappa shape index (κ2) is 8.35. The van der Waals surface area contributed by atoms with Gasteiger partial charge >= 0.3 is 0 Å². The maximum Gasteiger partial charge on any atom is 0.255 e. The number of carbonyl (C=O) groups is 1. The minimum Gasteiger partial charge on any atom is -0.322 e. The summed E-state index contributed by atoms with van der Waals surface area (Å²) in [7, 11) is -3.40. The van der Waals surface area contributed by atoms with Crippen LogP contribution in [-0.2, 0) is 10.0 Å². The molecule has 1 aliphatic rings. The normalized spacial score (nSPS) is 14.9. The van der Waals surface area contributed by atoms with E-state index in [4.69, 9.17) is 0 Å². The number of amides is 1. The lowest BCUT2D eigenvalue weighted by Crippen LogP contribution is -2.14. The van der Waals surface area contributed by atoms with Crippen LogP contribution >= 0.6 is 11.8 Å². The van der Waals surface area contributed by atoms with Crippen LogP contribution in [0.25, 0.3) is 0 Å². The third-order valence-electron chi connectivity index (χ3n) is 4.51. The molecule has 0 heterocycles. The third kappa shape index (κ3) is 5.74. The van der Waals surface area contributed by atoms with Gasteiger partial charge < -0.3 is 5.32 Å². The molecule has 0 radical (unpaired) electrons. The topological polar surface area (TPSA) is 75.3 Å². The van der Waals surface area contributed by atoms with Gasteiger partial charge in [-0.1, -0.05) is 18.9 Å². The minimum absolute atomic E-state index is 0.275. The summed E-state index contributed by atoms with van der Waals surface area (Å²) in [6.45, 7) is 1.79. The molecular formula is C20H24N2O3S2. The second-order valence-electron chi connectivity index (χ2n) is 6.91. The van der Waals surface area contributed by atoms with Crippen molar-refractivity contribution in [3.63, 3.8) is 0 Å². The number of carbonyl (C=O) groups excluding carboxylic acids is 1. The molecule has 1 amide bonds. The summed E-state index contributed by atoms with van der Waals surface area (Å²) in [4.78, 5) is 13.7. The van der Waals surface area contributed by atoms with Crippen molar-refractivity contribution in [1.82, 2.24) is 0 Å². The molecule has 1 saturated carbocycles. The number of anilines is 2.